The van der Waals surface area contributed by atoms with Crippen LogP contribution >= 0.6 is 0 Å². The van der Waals surface area contributed by atoms with Gasteiger partial charge in [-0.1, -0.05) is 0 Å². The van der Waals surface area contributed by atoms with Crippen LogP contribution in [-0.2, 0) is 7.05 Å². The largest absolute Gasteiger partial charge is 0.334 e. The van der Waals surface area contributed by atoms with E-state index in [2.05, 4.69) is 20.3 Å². The third-order valence-corrected chi connectivity index (χ3v) is 3.20. The highest BCUT2D eigenvalue weighted by molar-refractivity contribution is 5.84. The number of aromatic nitrogens is 4. The SMILES string of the molecule is Cn1cc(-c2ncccc2C=O)nc(Nc2cccnc2)c1=O. The van der Waals surface area contributed by atoms with Crippen molar-refractivity contribution in [3.63, 3.8) is 0 Å². The van der Waals surface area contributed by atoms with Crippen LogP contribution in [0.1, 0.15) is 10.4 Å². The number of hydrogen-bond acceptors (Lipinski definition) is 6. The van der Waals surface area contributed by atoms with Crippen molar-refractivity contribution >= 4 is 17.8 Å². The van der Waals surface area contributed by atoms with E-state index in [1.165, 1.54) is 4.57 Å². The van der Waals surface area contributed by atoms with Crippen molar-refractivity contribution in [1.29, 1.82) is 0 Å². The molecule has 3 aromatic heterocycles. The molecule has 0 fully saturated rings. The van der Waals surface area contributed by atoms with Gasteiger partial charge in [-0.25, -0.2) is 4.98 Å². The van der Waals surface area contributed by atoms with E-state index in [0.717, 1.165) is 0 Å². The Morgan fingerprint density at radius 3 is 2.78 bits per heavy atom. The van der Waals surface area contributed by atoms with E-state index in [4.69, 9.17) is 0 Å². The summed E-state index contributed by atoms with van der Waals surface area (Å²) in [6, 6.07) is 6.85. The van der Waals surface area contributed by atoms with Crippen LogP contribution in [0.5, 0.6) is 0 Å². The molecule has 0 aromatic carbocycles. The molecular weight excluding hydrogens is 294 g/mol. The van der Waals surface area contributed by atoms with E-state index in [0.29, 0.717) is 28.9 Å². The van der Waals surface area contributed by atoms with Crippen LogP contribution in [0.3, 0.4) is 0 Å². The summed E-state index contributed by atoms with van der Waals surface area (Å²) in [5.41, 5.74) is 1.62. The number of nitrogens with zero attached hydrogens (tertiary/aromatic N) is 4. The van der Waals surface area contributed by atoms with Gasteiger partial charge in [0.15, 0.2) is 12.1 Å². The summed E-state index contributed by atoms with van der Waals surface area (Å²) in [7, 11) is 1.62. The summed E-state index contributed by atoms with van der Waals surface area (Å²) in [6.45, 7) is 0. The molecule has 0 radical (unpaired) electrons. The van der Waals surface area contributed by atoms with Gasteiger partial charge in [0.1, 0.15) is 11.4 Å². The fourth-order valence-electron chi connectivity index (χ4n) is 2.10. The molecule has 0 aliphatic heterocycles. The highest BCUT2D eigenvalue weighted by Crippen LogP contribution is 2.19. The fourth-order valence-corrected chi connectivity index (χ4v) is 2.10. The van der Waals surface area contributed by atoms with Crippen LogP contribution < -0.4 is 10.9 Å². The topological polar surface area (TPSA) is 89.8 Å². The first-order valence-electron chi connectivity index (χ1n) is 6.84. The molecule has 7 heteroatoms. The summed E-state index contributed by atoms with van der Waals surface area (Å²) in [4.78, 5) is 35.9. The van der Waals surface area contributed by atoms with Crippen molar-refractivity contribution in [2.45, 2.75) is 0 Å². The van der Waals surface area contributed by atoms with Gasteiger partial charge < -0.3 is 9.88 Å². The van der Waals surface area contributed by atoms with Gasteiger partial charge in [-0.15, -0.1) is 0 Å². The maximum Gasteiger partial charge on any atom is 0.293 e. The molecule has 0 amide bonds. The van der Waals surface area contributed by atoms with Gasteiger partial charge in [0.25, 0.3) is 5.56 Å². The van der Waals surface area contributed by atoms with Crippen LogP contribution in [-0.4, -0.2) is 25.8 Å². The summed E-state index contributed by atoms with van der Waals surface area (Å²) in [6.07, 6.45) is 7.06. The standard InChI is InChI=1S/C16H13N5O2/c1-21-9-13(14-11(10-22)4-2-7-18-14)20-15(16(21)23)19-12-5-3-6-17-8-12/h2-10H,1H3,(H,19,20). The lowest BCUT2D eigenvalue weighted by molar-refractivity contribution is 0.112. The molecule has 114 valence electrons. The first kappa shape index (κ1) is 14.6. The minimum absolute atomic E-state index is 0.139. The molecule has 3 aromatic rings. The molecule has 23 heavy (non-hydrogen) atoms. The van der Waals surface area contributed by atoms with Gasteiger partial charge in [-0.2, -0.15) is 0 Å². The van der Waals surface area contributed by atoms with Gasteiger partial charge in [0.05, 0.1) is 11.9 Å². The summed E-state index contributed by atoms with van der Waals surface area (Å²) in [5, 5.41) is 2.94. The summed E-state index contributed by atoms with van der Waals surface area (Å²) >= 11 is 0. The van der Waals surface area contributed by atoms with Crippen LogP contribution in [0.4, 0.5) is 11.5 Å². The number of anilines is 2. The van der Waals surface area contributed by atoms with E-state index in [1.54, 1.807) is 56.1 Å². The van der Waals surface area contributed by atoms with E-state index < -0.39 is 0 Å². The first-order valence-corrected chi connectivity index (χ1v) is 6.84. The van der Waals surface area contributed by atoms with E-state index in [1.807, 2.05) is 0 Å². The Hall–Kier alpha value is -3.35. The molecule has 3 rings (SSSR count). The van der Waals surface area contributed by atoms with Crippen LogP contribution in [0.25, 0.3) is 11.4 Å². The second-order valence-corrected chi connectivity index (χ2v) is 4.82. The number of rotatable bonds is 4. The van der Waals surface area contributed by atoms with Gasteiger partial charge in [0.2, 0.25) is 0 Å². The number of pyridine rings is 2. The zero-order chi connectivity index (χ0) is 16.2. The van der Waals surface area contributed by atoms with Gasteiger partial charge in [-0.05, 0) is 24.3 Å². The first-order chi connectivity index (χ1) is 11.2. The predicted molar refractivity (Wildman–Crippen MR) is 85.6 cm³/mol. The van der Waals surface area contributed by atoms with Crippen LogP contribution in [0, 0.1) is 0 Å². The highest BCUT2D eigenvalue weighted by Gasteiger charge is 2.12. The van der Waals surface area contributed by atoms with Crippen LogP contribution in [0.2, 0.25) is 0 Å². The molecule has 0 saturated carbocycles. The molecular formula is C16H13N5O2. The zero-order valence-electron chi connectivity index (χ0n) is 12.3. The molecule has 0 unspecified atom stereocenters. The zero-order valence-corrected chi connectivity index (χ0v) is 12.3. The Labute approximate surface area is 131 Å². The second-order valence-electron chi connectivity index (χ2n) is 4.82. The average Bonchev–Trinajstić information content (AvgIpc) is 2.59. The molecule has 0 spiro atoms. The van der Waals surface area contributed by atoms with E-state index >= 15 is 0 Å². The maximum atomic E-state index is 12.2. The predicted octanol–water partition coefficient (Wildman–Crippen LogP) is 1.79. The third kappa shape index (κ3) is 2.98. The minimum Gasteiger partial charge on any atom is -0.334 e. The lowest BCUT2D eigenvalue weighted by Gasteiger charge is -2.10. The maximum absolute atomic E-state index is 12.2. The van der Waals surface area contributed by atoms with Crippen molar-refractivity contribution in [2.75, 3.05) is 5.32 Å². The molecule has 0 bridgehead atoms. The van der Waals surface area contributed by atoms with Gasteiger partial charge in [0, 0.05) is 31.2 Å². The van der Waals surface area contributed by atoms with Crippen molar-refractivity contribution < 1.29 is 4.79 Å². The van der Waals surface area contributed by atoms with Crippen molar-refractivity contribution in [1.82, 2.24) is 19.5 Å². The average molecular weight is 307 g/mol. The quantitative estimate of drug-likeness (QED) is 0.739. The molecule has 0 aliphatic rings. The summed E-state index contributed by atoms with van der Waals surface area (Å²) in [5.74, 6) is 0.139. The van der Waals surface area contributed by atoms with E-state index in [9.17, 15) is 9.59 Å². The minimum atomic E-state index is -0.291. The lowest BCUT2D eigenvalue weighted by Crippen LogP contribution is -2.21. The van der Waals surface area contributed by atoms with Gasteiger partial charge in [-0.3, -0.25) is 19.6 Å². The Morgan fingerprint density at radius 2 is 2.04 bits per heavy atom. The summed E-state index contributed by atoms with van der Waals surface area (Å²) < 4.78 is 1.39. The van der Waals surface area contributed by atoms with E-state index in [-0.39, 0.29) is 11.4 Å². The van der Waals surface area contributed by atoms with Crippen molar-refractivity contribution in [3.05, 3.63) is 65.0 Å². The Balaban J connectivity index is 2.10. The van der Waals surface area contributed by atoms with Crippen molar-refractivity contribution in [3.8, 4) is 11.4 Å². The number of carbonyl (C=O) groups excluding carboxylic acids is 1. The molecule has 3 heterocycles. The number of nitrogens with one attached hydrogen (secondary N) is 1. The Morgan fingerprint density at radius 1 is 1.22 bits per heavy atom. The number of aldehydes is 1. The lowest BCUT2D eigenvalue weighted by atomic mass is 10.1. The molecule has 0 aliphatic carbocycles. The van der Waals surface area contributed by atoms with Crippen molar-refractivity contribution in [2.24, 2.45) is 7.05 Å². The Bertz CT molecular complexity index is 906. The molecule has 7 nitrogen and oxygen atoms in total. The smallest absolute Gasteiger partial charge is 0.293 e. The van der Waals surface area contributed by atoms with Gasteiger partial charge >= 0.3 is 0 Å². The normalized spacial score (nSPS) is 10.3. The number of carbonyl (C=O) groups is 1. The molecule has 0 atom stereocenters. The fraction of sp³-hybridized carbons (Fsp3) is 0.0625. The third-order valence-electron chi connectivity index (χ3n) is 3.20. The number of hydrogen-bond donors (Lipinski definition) is 1. The number of aryl methyl sites for hydroxylation is 1. The second kappa shape index (κ2) is 6.18. The molecule has 0 saturated heterocycles. The molecule has 1 N–H and O–H groups in total. The Kier molecular flexibility index (Phi) is 3.92. The monoisotopic (exact) mass is 307 g/mol. The van der Waals surface area contributed by atoms with Crippen LogP contribution in [0.15, 0.2) is 53.8 Å². The highest BCUT2D eigenvalue weighted by atomic mass is 16.1.